The van der Waals surface area contributed by atoms with E-state index in [-0.39, 0.29) is 18.5 Å². The highest BCUT2D eigenvalue weighted by Gasteiger charge is 2.18. The van der Waals surface area contributed by atoms with Crippen LogP contribution in [0.25, 0.3) is 0 Å². The zero-order valence-corrected chi connectivity index (χ0v) is 37.4. The normalized spacial score (nSPS) is 12.9. The molecule has 0 rings (SSSR count). The van der Waals surface area contributed by atoms with Gasteiger partial charge in [0, 0.05) is 12.8 Å². The number of hydrogen-bond acceptors (Lipinski definition) is 5. The first kappa shape index (κ1) is 54.3. The summed E-state index contributed by atoms with van der Waals surface area (Å²) in [7, 11) is 0. The second-order valence-corrected chi connectivity index (χ2v) is 16.8. The molecule has 0 saturated carbocycles. The van der Waals surface area contributed by atoms with E-state index in [2.05, 4.69) is 31.3 Å². The van der Waals surface area contributed by atoms with Gasteiger partial charge in [0.25, 0.3) is 0 Å². The molecule has 0 aliphatic carbocycles. The topological polar surface area (TPSA) is 95.9 Å². The first-order valence-corrected chi connectivity index (χ1v) is 24.6. The lowest BCUT2D eigenvalue weighted by Gasteiger charge is -2.20. The van der Waals surface area contributed by atoms with Crippen molar-refractivity contribution >= 4 is 11.9 Å². The quantitative estimate of drug-likeness (QED) is 0.0324. The zero-order valence-electron chi connectivity index (χ0n) is 37.4. The Morgan fingerprint density at radius 1 is 0.482 bits per heavy atom. The van der Waals surface area contributed by atoms with E-state index in [0.29, 0.717) is 19.4 Å². The summed E-state index contributed by atoms with van der Waals surface area (Å²) in [5, 5.41) is 23.0. The Morgan fingerprint density at radius 2 is 0.839 bits per heavy atom. The number of allylic oxidation sites excluding steroid dienone is 3. The summed E-state index contributed by atoms with van der Waals surface area (Å²) < 4.78 is 5.45. The Morgan fingerprint density at radius 3 is 1.27 bits per heavy atom. The zero-order chi connectivity index (χ0) is 40.8. The Labute approximate surface area is 348 Å². The molecule has 2 unspecified atom stereocenters. The van der Waals surface area contributed by atoms with Crippen molar-refractivity contribution in [2.24, 2.45) is 0 Å². The number of rotatable bonds is 45. The van der Waals surface area contributed by atoms with Gasteiger partial charge in [0.05, 0.1) is 25.4 Å². The molecule has 0 fully saturated rings. The van der Waals surface area contributed by atoms with Crippen LogP contribution < -0.4 is 5.32 Å². The van der Waals surface area contributed by atoms with Gasteiger partial charge in [-0.15, -0.1) is 0 Å². The van der Waals surface area contributed by atoms with Gasteiger partial charge in [0.1, 0.15) is 0 Å². The van der Waals surface area contributed by atoms with Crippen molar-refractivity contribution in [2.75, 3.05) is 13.2 Å². The molecule has 1 amide bonds. The van der Waals surface area contributed by atoms with E-state index in [1.807, 2.05) is 6.08 Å². The molecule has 0 radical (unpaired) electrons. The van der Waals surface area contributed by atoms with Crippen LogP contribution in [0.15, 0.2) is 24.3 Å². The first-order chi connectivity index (χ1) is 27.5. The lowest BCUT2D eigenvalue weighted by molar-refractivity contribution is -0.143. The van der Waals surface area contributed by atoms with Crippen molar-refractivity contribution in [2.45, 2.75) is 270 Å². The van der Waals surface area contributed by atoms with E-state index >= 15 is 0 Å². The number of aliphatic hydroxyl groups excluding tert-OH is 2. The smallest absolute Gasteiger partial charge is 0.305 e. The minimum Gasteiger partial charge on any atom is -0.466 e. The molecule has 6 heteroatoms. The highest BCUT2D eigenvalue weighted by Crippen LogP contribution is 2.15. The van der Waals surface area contributed by atoms with Crippen LogP contribution in [0.4, 0.5) is 0 Å². The molecular formula is C50H95NO5. The molecule has 0 bridgehead atoms. The number of amides is 1. The molecule has 0 aliphatic heterocycles. The molecule has 0 aromatic rings. The summed E-state index contributed by atoms with van der Waals surface area (Å²) in [6.45, 7) is 4.83. The van der Waals surface area contributed by atoms with Crippen molar-refractivity contribution in [1.82, 2.24) is 5.32 Å². The maximum Gasteiger partial charge on any atom is 0.305 e. The predicted molar refractivity (Wildman–Crippen MR) is 241 cm³/mol. The van der Waals surface area contributed by atoms with Crippen LogP contribution in [0.1, 0.15) is 258 Å². The third kappa shape index (κ3) is 42.0. The minimum absolute atomic E-state index is 0.0248. The molecule has 0 spiro atoms. The second kappa shape index (κ2) is 46.0. The van der Waals surface area contributed by atoms with Crippen LogP contribution in [0.5, 0.6) is 0 Å². The van der Waals surface area contributed by atoms with Gasteiger partial charge in [-0.1, -0.05) is 212 Å². The van der Waals surface area contributed by atoms with Crippen LogP contribution in [-0.2, 0) is 14.3 Å². The average Bonchev–Trinajstić information content (AvgIpc) is 3.20. The van der Waals surface area contributed by atoms with Crippen LogP contribution in [0.3, 0.4) is 0 Å². The lowest BCUT2D eigenvalue weighted by Crippen LogP contribution is -2.45. The molecule has 2 atom stereocenters. The number of nitrogens with one attached hydrogen (secondary N) is 1. The first-order valence-electron chi connectivity index (χ1n) is 24.6. The van der Waals surface area contributed by atoms with E-state index in [1.54, 1.807) is 6.08 Å². The number of unbranched alkanes of at least 4 members (excludes halogenated alkanes) is 32. The lowest BCUT2D eigenvalue weighted by atomic mass is 10.0. The Kier molecular flexibility index (Phi) is 44.7. The Hall–Kier alpha value is -1.66. The number of hydrogen-bond donors (Lipinski definition) is 3. The van der Waals surface area contributed by atoms with Gasteiger partial charge in [0.2, 0.25) is 5.91 Å². The Balaban J connectivity index is 3.50. The summed E-state index contributed by atoms with van der Waals surface area (Å²) in [5.41, 5.74) is 0. The largest absolute Gasteiger partial charge is 0.466 e. The summed E-state index contributed by atoms with van der Waals surface area (Å²) >= 11 is 0. The second-order valence-electron chi connectivity index (χ2n) is 16.8. The van der Waals surface area contributed by atoms with Gasteiger partial charge in [-0.2, -0.15) is 0 Å². The SMILES string of the molecule is CCCCCCCC/C=C\CCCCCCCCCC(=O)OCCCCCCCCCCCCC(=O)NC(CO)C(O)/C=C/CCCCCCCCCCCC. The third-order valence-corrected chi connectivity index (χ3v) is 11.2. The molecule has 330 valence electrons. The molecule has 3 N–H and O–H groups in total. The van der Waals surface area contributed by atoms with E-state index < -0.39 is 12.1 Å². The van der Waals surface area contributed by atoms with Gasteiger partial charge in [0.15, 0.2) is 0 Å². The molecule has 0 aromatic carbocycles. The van der Waals surface area contributed by atoms with Crippen LogP contribution >= 0.6 is 0 Å². The van der Waals surface area contributed by atoms with Crippen molar-refractivity contribution < 1.29 is 24.5 Å². The van der Waals surface area contributed by atoms with Crippen LogP contribution in [0.2, 0.25) is 0 Å². The monoisotopic (exact) mass is 790 g/mol. The van der Waals surface area contributed by atoms with E-state index in [4.69, 9.17) is 4.74 Å². The third-order valence-electron chi connectivity index (χ3n) is 11.2. The summed E-state index contributed by atoms with van der Waals surface area (Å²) in [4.78, 5) is 24.4. The van der Waals surface area contributed by atoms with E-state index in [1.165, 1.54) is 173 Å². The van der Waals surface area contributed by atoms with Gasteiger partial charge in [-0.3, -0.25) is 9.59 Å². The Bertz CT molecular complexity index is 874. The van der Waals surface area contributed by atoms with Crippen molar-refractivity contribution in [3.05, 3.63) is 24.3 Å². The molecule has 0 aromatic heterocycles. The van der Waals surface area contributed by atoms with Gasteiger partial charge >= 0.3 is 5.97 Å². The molecule has 56 heavy (non-hydrogen) atoms. The molecule has 0 saturated heterocycles. The van der Waals surface area contributed by atoms with Gasteiger partial charge in [-0.25, -0.2) is 0 Å². The highest BCUT2D eigenvalue weighted by molar-refractivity contribution is 5.76. The molecule has 6 nitrogen and oxygen atoms in total. The minimum atomic E-state index is -0.857. The maximum atomic E-state index is 12.4. The fraction of sp³-hybridized carbons (Fsp3) is 0.880. The van der Waals surface area contributed by atoms with E-state index in [9.17, 15) is 19.8 Å². The number of esters is 1. The van der Waals surface area contributed by atoms with Gasteiger partial charge in [-0.05, 0) is 57.8 Å². The standard InChI is InChI=1S/C50H95NO5/c1-3-5-7-9-11-13-15-17-18-19-20-21-23-28-32-36-40-44-50(55)56-45-41-37-33-29-25-24-27-31-35-39-43-49(54)51-47(46-52)48(53)42-38-34-30-26-22-16-14-12-10-8-6-4-2/h17-18,38,42,47-48,52-53H,3-16,19-37,39-41,43-46H2,1-2H3,(H,51,54)/b18-17-,42-38+. The van der Waals surface area contributed by atoms with E-state index in [0.717, 1.165) is 57.8 Å². The van der Waals surface area contributed by atoms with Crippen LogP contribution in [-0.4, -0.2) is 47.4 Å². The van der Waals surface area contributed by atoms with Crippen molar-refractivity contribution in [3.8, 4) is 0 Å². The number of ether oxygens (including phenoxy) is 1. The maximum absolute atomic E-state index is 12.4. The summed E-state index contributed by atoms with van der Waals surface area (Å²) in [5.74, 6) is -0.117. The fourth-order valence-corrected chi connectivity index (χ4v) is 7.39. The summed E-state index contributed by atoms with van der Waals surface area (Å²) in [6.07, 6.45) is 53.1. The van der Waals surface area contributed by atoms with Crippen molar-refractivity contribution in [1.29, 1.82) is 0 Å². The average molecular weight is 790 g/mol. The number of aliphatic hydroxyl groups is 2. The molecule has 0 aliphatic rings. The van der Waals surface area contributed by atoms with Gasteiger partial charge < -0.3 is 20.3 Å². The molecular weight excluding hydrogens is 695 g/mol. The molecule has 0 heterocycles. The fourth-order valence-electron chi connectivity index (χ4n) is 7.39. The summed E-state index contributed by atoms with van der Waals surface area (Å²) in [6, 6.07) is -0.643. The number of carbonyl (C=O) groups excluding carboxylic acids is 2. The van der Waals surface area contributed by atoms with Crippen molar-refractivity contribution in [3.63, 3.8) is 0 Å². The predicted octanol–water partition coefficient (Wildman–Crippen LogP) is 14.3. The highest BCUT2D eigenvalue weighted by atomic mass is 16.5. The number of carbonyl (C=O) groups is 2. The van der Waals surface area contributed by atoms with Crippen LogP contribution in [0, 0.1) is 0 Å².